The van der Waals surface area contributed by atoms with Crippen LogP contribution in [0.5, 0.6) is 0 Å². The van der Waals surface area contributed by atoms with Crippen LogP contribution in [-0.4, -0.2) is 0 Å². The van der Waals surface area contributed by atoms with Crippen molar-refractivity contribution in [3.05, 3.63) is 12.2 Å². The second-order valence-electron chi connectivity index (χ2n) is 6.60. The Morgan fingerprint density at radius 1 is 1.00 bits per heavy atom. The zero-order valence-electron chi connectivity index (χ0n) is 13.8. The van der Waals surface area contributed by atoms with Crippen LogP contribution in [0.2, 0.25) is 0 Å². The monoisotopic (exact) mass is 252 g/mol. The van der Waals surface area contributed by atoms with E-state index in [0.29, 0.717) is 5.92 Å². The van der Waals surface area contributed by atoms with E-state index in [2.05, 4.69) is 48.1 Å². The summed E-state index contributed by atoms with van der Waals surface area (Å²) in [5.74, 6) is 3.40. The van der Waals surface area contributed by atoms with E-state index in [1.807, 2.05) is 0 Å². The Hall–Kier alpha value is -0.260. The number of hydrogen-bond acceptors (Lipinski definition) is 0. The van der Waals surface area contributed by atoms with Crippen molar-refractivity contribution in [2.75, 3.05) is 0 Å². The summed E-state index contributed by atoms with van der Waals surface area (Å²) in [5, 5.41) is 0. The Balaban J connectivity index is 3.98. The van der Waals surface area contributed by atoms with Crippen LogP contribution in [-0.2, 0) is 0 Å². The van der Waals surface area contributed by atoms with E-state index >= 15 is 0 Å². The summed E-state index contributed by atoms with van der Waals surface area (Å²) in [6, 6.07) is 0. The van der Waals surface area contributed by atoms with Crippen molar-refractivity contribution in [1.82, 2.24) is 0 Å². The lowest BCUT2D eigenvalue weighted by Crippen LogP contribution is -2.14. The van der Waals surface area contributed by atoms with Gasteiger partial charge in [0.15, 0.2) is 0 Å². The van der Waals surface area contributed by atoms with Gasteiger partial charge in [-0.15, -0.1) is 0 Å². The molecule has 0 heterocycles. The molecule has 4 unspecified atom stereocenters. The molecule has 0 amide bonds. The van der Waals surface area contributed by atoms with E-state index in [9.17, 15) is 0 Å². The van der Waals surface area contributed by atoms with Crippen LogP contribution >= 0.6 is 0 Å². The van der Waals surface area contributed by atoms with Crippen LogP contribution in [0.4, 0.5) is 0 Å². The maximum absolute atomic E-state index is 4.06. The lowest BCUT2D eigenvalue weighted by atomic mass is 9.80. The van der Waals surface area contributed by atoms with Gasteiger partial charge in [0.25, 0.3) is 0 Å². The molecule has 0 saturated carbocycles. The summed E-state index contributed by atoms with van der Waals surface area (Å²) >= 11 is 0. The second-order valence-corrected chi connectivity index (χ2v) is 6.60. The summed E-state index contributed by atoms with van der Waals surface area (Å²) < 4.78 is 0. The lowest BCUT2D eigenvalue weighted by molar-refractivity contribution is 0.261. The largest absolute Gasteiger partial charge is 0.0999 e. The van der Waals surface area contributed by atoms with Gasteiger partial charge in [0.2, 0.25) is 0 Å². The molecule has 4 atom stereocenters. The lowest BCUT2D eigenvalue weighted by Gasteiger charge is -2.25. The highest BCUT2D eigenvalue weighted by molar-refractivity contribution is 4.93. The second kappa shape index (κ2) is 9.64. The van der Waals surface area contributed by atoms with E-state index in [4.69, 9.17) is 0 Å². The van der Waals surface area contributed by atoms with Gasteiger partial charge in [-0.3, -0.25) is 0 Å². The Labute approximate surface area is 116 Å². The van der Waals surface area contributed by atoms with Crippen LogP contribution < -0.4 is 0 Å². The van der Waals surface area contributed by atoms with Gasteiger partial charge in [0, 0.05) is 0 Å². The van der Waals surface area contributed by atoms with Gasteiger partial charge in [0.1, 0.15) is 0 Å². The Morgan fingerprint density at radius 2 is 1.61 bits per heavy atom. The maximum Gasteiger partial charge on any atom is -0.0237 e. The first-order valence-corrected chi connectivity index (χ1v) is 8.07. The van der Waals surface area contributed by atoms with Crippen molar-refractivity contribution in [3.63, 3.8) is 0 Å². The van der Waals surface area contributed by atoms with E-state index in [1.165, 1.54) is 44.1 Å². The Morgan fingerprint density at radius 3 is 2.06 bits per heavy atom. The molecule has 0 heteroatoms. The van der Waals surface area contributed by atoms with E-state index in [1.54, 1.807) is 0 Å². The molecule has 0 aromatic rings. The number of allylic oxidation sites excluding steroid dienone is 1. The molecule has 0 bridgehead atoms. The summed E-state index contributed by atoms with van der Waals surface area (Å²) in [5.41, 5.74) is 1.34. The van der Waals surface area contributed by atoms with E-state index < -0.39 is 0 Å². The van der Waals surface area contributed by atoms with E-state index in [0.717, 1.165) is 17.8 Å². The summed E-state index contributed by atoms with van der Waals surface area (Å²) in [4.78, 5) is 0. The first-order chi connectivity index (χ1) is 8.42. The van der Waals surface area contributed by atoms with Crippen molar-refractivity contribution in [1.29, 1.82) is 0 Å². The Kier molecular flexibility index (Phi) is 9.50. The van der Waals surface area contributed by atoms with Crippen LogP contribution in [0, 0.1) is 23.7 Å². The fourth-order valence-electron chi connectivity index (χ4n) is 2.99. The molecule has 0 aliphatic rings. The zero-order valence-corrected chi connectivity index (χ0v) is 13.8. The topological polar surface area (TPSA) is 0 Å². The highest BCUT2D eigenvalue weighted by Crippen LogP contribution is 2.29. The van der Waals surface area contributed by atoms with Crippen molar-refractivity contribution in [2.45, 2.75) is 80.1 Å². The van der Waals surface area contributed by atoms with Crippen molar-refractivity contribution in [2.24, 2.45) is 23.7 Å². The molecule has 0 aliphatic heterocycles. The minimum Gasteiger partial charge on any atom is -0.0999 e. The van der Waals surface area contributed by atoms with Gasteiger partial charge < -0.3 is 0 Å². The summed E-state index contributed by atoms with van der Waals surface area (Å²) in [7, 11) is 0. The average Bonchev–Trinajstić information content (AvgIpc) is 2.32. The normalized spacial score (nSPS) is 18.1. The van der Waals surface area contributed by atoms with Crippen molar-refractivity contribution >= 4 is 0 Å². The third-order valence-electron chi connectivity index (χ3n) is 4.70. The minimum atomic E-state index is 0.695. The van der Waals surface area contributed by atoms with Gasteiger partial charge >= 0.3 is 0 Å². The third-order valence-corrected chi connectivity index (χ3v) is 4.70. The van der Waals surface area contributed by atoms with Crippen LogP contribution in [0.1, 0.15) is 80.1 Å². The van der Waals surface area contributed by atoms with Crippen LogP contribution in [0.25, 0.3) is 0 Å². The van der Waals surface area contributed by atoms with Crippen LogP contribution in [0.15, 0.2) is 12.2 Å². The first-order valence-electron chi connectivity index (χ1n) is 8.07. The molecule has 0 aliphatic carbocycles. The third kappa shape index (κ3) is 7.24. The molecule has 0 rings (SSSR count). The molecule has 0 N–H and O–H groups in total. The van der Waals surface area contributed by atoms with Crippen molar-refractivity contribution < 1.29 is 0 Å². The molecular formula is C18H36. The van der Waals surface area contributed by atoms with E-state index in [-0.39, 0.29) is 0 Å². The summed E-state index contributed by atoms with van der Waals surface area (Å²) in [6.45, 7) is 18.1. The molecular weight excluding hydrogens is 216 g/mol. The predicted octanol–water partition coefficient (Wildman–Crippen LogP) is 6.47. The molecule has 0 aromatic heterocycles. The standard InChI is InChI=1S/C18H36/c1-8-10-18(9-2)17(7)13-15(5)11-12-16(6)14(3)4/h15-18H,3,8-13H2,1-2,4-7H3. The highest BCUT2D eigenvalue weighted by atomic mass is 14.2. The van der Waals surface area contributed by atoms with Gasteiger partial charge in [-0.2, -0.15) is 0 Å². The fraction of sp³-hybridized carbons (Fsp3) is 0.889. The van der Waals surface area contributed by atoms with Crippen molar-refractivity contribution in [3.8, 4) is 0 Å². The number of rotatable bonds is 10. The van der Waals surface area contributed by atoms with Gasteiger partial charge in [-0.25, -0.2) is 0 Å². The summed E-state index contributed by atoms with van der Waals surface area (Å²) in [6.07, 6.45) is 8.18. The van der Waals surface area contributed by atoms with Gasteiger partial charge in [-0.05, 0) is 43.4 Å². The minimum absolute atomic E-state index is 0.695. The zero-order chi connectivity index (χ0) is 14.1. The smallest absolute Gasteiger partial charge is 0.0237 e. The molecule has 0 aromatic carbocycles. The molecule has 0 nitrogen and oxygen atoms in total. The molecule has 18 heavy (non-hydrogen) atoms. The Bertz CT molecular complexity index is 216. The molecule has 0 fully saturated rings. The predicted molar refractivity (Wildman–Crippen MR) is 84.8 cm³/mol. The quantitative estimate of drug-likeness (QED) is 0.391. The van der Waals surface area contributed by atoms with Gasteiger partial charge in [0.05, 0.1) is 0 Å². The molecule has 0 saturated heterocycles. The maximum atomic E-state index is 4.06. The SMILES string of the molecule is C=C(C)C(C)CCC(C)CC(C)C(CC)CCC. The fourth-order valence-corrected chi connectivity index (χ4v) is 2.99. The number of hydrogen-bond donors (Lipinski definition) is 0. The highest BCUT2D eigenvalue weighted by Gasteiger charge is 2.17. The molecule has 0 spiro atoms. The average molecular weight is 252 g/mol. The molecule has 108 valence electrons. The van der Waals surface area contributed by atoms with Crippen LogP contribution in [0.3, 0.4) is 0 Å². The first kappa shape index (κ1) is 17.7. The van der Waals surface area contributed by atoms with Gasteiger partial charge in [-0.1, -0.05) is 72.5 Å². The molecule has 0 radical (unpaired) electrons.